The number of hydrogen-bond acceptors (Lipinski definition) is 6. The zero-order chi connectivity index (χ0) is 16.9. The highest BCUT2D eigenvalue weighted by Gasteiger charge is 2.16. The van der Waals surface area contributed by atoms with Crippen molar-refractivity contribution < 1.29 is 18.7 Å². The molecule has 0 saturated heterocycles. The zero-order valence-electron chi connectivity index (χ0n) is 12.5. The molecule has 6 nitrogen and oxygen atoms in total. The molecule has 1 N–H and O–H groups in total. The minimum Gasteiger partial charge on any atom is -0.452 e. The van der Waals surface area contributed by atoms with Crippen LogP contribution in [0.15, 0.2) is 57.1 Å². The number of nitrogens with one attached hydrogen (secondary N) is 1. The van der Waals surface area contributed by atoms with Gasteiger partial charge in [-0.3, -0.25) is 4.79 Å². The summed E-state index contributed by atoms with van der Waals surface area (Å²) in [5, 5.41) is 5.14. The van der Waals surface area contributed by atoms with Crippen molar-refractivity contribution in [2.24, 2.45) is 0 Å². The lowest BCUT2D eigenvalue weighted by atomic mass is 10.2. The number of carbonyl (C=O) groups is 2. The van der Waals surface area contributed by atoms with Crippen LogP contribution >= 0.6 is 11.3 Å². The molecule has 0 radical (unpaired) electrons. The maximum atomic E-state index is 12.0. The summed E-state index contributed by atoms with van der Waals surface area (Å²) in [4.78, 5) is 36.5. The van der Waals surface area contributed by atoms with E-state index >= 15 is 0 Å². The summed E-state index contributed by atoms with van der Waals surface area (Å²) in [7, 11) is 0. The van der Waals surface area contributed by atoms with Gasteiger partial charge in [0.05, 0.1) is 6.54 Å². The third-order valence-electron chi connectivity index (χ3n) is 3.24. The normalized spacial score (nSPS) is 10.5. The highest BCUT2D eigenvalue weighted by molar-refractivity contribution is 7.09. The molecule has 0 aliphatic heterocycles. The first kappa shape index (κ1) is 15.9. The van der Waals surface area contributed by atoms with Crippen LogP contribution in [0.4, 0.5) is 0 Å². The van der Waals surface area contributed by atoms with Crippen molar-refractivity contribution >= 4 is 34.2 Å². The van der Waals surface area contributed by atoms with Gasteiger partial charge in [-0.25, -0.2) is 9.59 Å². The van der Waals surface area contributed by atoms with E-state index < -0.39 is 24.1 Å². The van der Waals surface area contributed by atoms with Gasteiger partial charge in [-0.15, -0.1) is 11.3 Å². The maximum Gasteiger partial charge on any atom is 0.351 e. The Hall–Kier alpha value is -2.93. The van der Waals surface area contributed by atoms with Crippen LogP contribution in [0.1, 0.15) is 15.2 Å². The number of ether oxygens (including phenoxy) is 1. The fourth-order valence-corrected chi connectivity index (χ4v) is 2.71. The molecule has 0 aliphatic rings. The summed E-state index contributed by atoms with van der Waals surface area (Å²) in [5.74, 6) is -1.33. The minimum absolute atomic E-state index is 0.236. The Morgan fingerprint density at radius 1 is 1.17 bits per heavy atom. The molecule has 0 spiro atoms. The first-order valence-corrected chi connectivity index (χ1v) is 8.00. The monoisotopic (exact) mass is 343 g/mol. The molecular weight excluding hydrogens is 330 g/mol. The number of rotatable bonds is 5. The molecule has 3 aromatic rings. The molecule has 0 saturated carbocycles. The molecular formula is C17H13NO5S. The average molecular weight is 343 g/mol. The topological polar surface area (TPSA) is 85.6 Å². The number of fused-ring (bicyclic) bond motifs is 1. The number of para-hydroxylation sites is 1. The number of hydrogen-bond donors (Lipinski definition) is 1. The molecule has 0 aliphatic carbocycles. The first-order chi connectivity index (χ1) is 11.6. The van der Waals surface area contributed by atoms with Gasteiger partial charge in [0.1, 0.15) is 11.1 Å². The number of esters is 1. The van der Waals surface area contributed by atoms with E-state index in [-0.39, 0.29) is 5.56 Å². The van der Waals surface area contributed by atoms with E-state index in [0.29, 0.717) is 17.5 Å². The van der Waals surface area contributed by atoms with Crippen LogP contribution in [-0.2, 0) is 16.1 Å². The molecule has 7 heteroatoms. The summed E-state index contributed by atoms with van der Waals surface area (Å²) in [6.45, 7) is -0.0946. The van der Waals surface area contributed by atoms with Gasteiger partial charge in [-0.05, 0) is 23.6 Å². The maximum absolute atomic E-state index is 12.0. The van der Waals surface area contributed by atoms with E-state index in [2.05, 4.69) is 5.32 Å². The largest absolute Gasteiger partial charge is 0.452 e. The Kier molecular flexibility index (Phi) is 4.72. The SMILES string of the molecule is O=C(COC(=O)c1cc2ccccc2oc1=O)NCc1cccs1. The lowest BCUT2D eigenvalue weighted by Crippen LogP contribution is -2.29. The molecule has 0 unspecified atom stereocenters. The van der Waals surface area contributed by atoms with Gasteiger partial charge in [-0.1, -0.05) is 24.3 Å². The second-order valence-corrected chi connectivity index (χ2v) is 5.95. The highest BCUT2D eigenvalue weighted by Crippen LogP contribution is 2.13. The van der Waals surface area contributed by atoms with Crippen molar-refractivity contribution in [3.05, 3.63) is 68.7 Å². The van der Waals surface area contributed by atoms with Gasteiger partial charge in [0, 0.05) is 10.3 Å². The average Bonchev–Trinajstić information content (AvgIpc) is 3.10. The van der Waals surface area contributed by atoms with Gasteiger partial charge in [0.2, 0.25) is 0 Å². The third kappa shape index (κ3) is 3.69. The number of thiophene rings is 1. The predicted octanol–water partition coefficient (Wildman–Crippen LogP) is 2.33. The van der Waals surface area contributed by atoms with Crippen molar-refractivity contribution in [1.82, 2.24) is 5.32 Å². The fourth-order valence-electron chi connectivity index (χ4n) is 2.06. The van der Waals surface area contributed by atoms with E-state index in [1.807, 2.05) is 17.5 Å². The van der Waals surface area contributed by atoms with Crippen molar-refractivity contribution in [3.63, 3.8) is 0 Å². The van der Waals surface area contributed by atoms with Crippen LogP contribution < -0.4 is 10.9 Å². The number of carbonyl (C=O) groups excluding carboxylic acids is 2. The van der Waals surface area contributed by atoms with E-state index in [4.69, 9.17) is 9.15 Å². The first-order valence-electron chi connectivity index (χ1n) is 7.12. The summed E-state index contributed by atoms with van der Waals surface area (Å²) < 4.78 is 9.94. The molecule has 0 atom stereocenters. The Balaban J connectivity index is 1.61. The fraction of sp³-hybridized carbons (Fsp3) is 0.118. The van der Waals surface area contributed by atoms with Gasteiger partial charge < -0.3 is 14.5 Å². The second-order valence-electron chi connectivity index (χ2n) is 4.92. The standard InChI is InChI=1S/C17H13NO5S/c19-15(18-9-12-5-3-7-24-12)10-22-16(20)13-8-11-4-1-2-6-14(11)23-17(13)21/h1-8H,9-10H2,(H,18,19). The number of benzene rings is 1. The summed E-state index contributed by atoms with van der Waals surface area (Å²) in [6.07, 6.45) is 0. The van der Waals surface area contributed by atoms with Crippen LogP contribution in [0.3, 0.4) is 0 Å². The quantitative estimate of drug-likeness (QED) is 0.568. The van der Waals surface area contributed by atoms with E-state index in [1.54, 1.807) is 24.3 Å². The minimum atomic E-state index is -0.888. The van der Waals surface area contributed by atoms with Gasteiger partial charge in [0.25, 0.3) is 5.91 Å². The van der Waals surface area contributed by atoms with Crippen LogP contribution in [0.2, 0.25) is 0 Å². The Bertz CT molecular complexity index is 930. The second kappa shape index (κ2) is 7.10. The zero-order valence-corrected chi connectivity index (χ0v) is 13.3. The Morgan fingerprint density at radius 2 is 2.00 bits per heavy atom. The molecule has 2 heterocycles. The van der Waals surface area contributed by atoms with Gasteiger partial charge in [-0.2, -0.15) is 0 Å². The van der Waals surface area contributed by atoms with Crippen molar-refractivity contribution in [1.29, 1.82) is 0 Å². The molecule has 0 fully saturated rings. The van der Waals surface area contributed by atoms with E-state index in [1.165, 1.54) is 17.4 Å². The van der Waals surface area contributed by atoms with Crippen LogP contribution in [0.25, 0.3) is 11.0 Å². The lowest BCUT2D eigenvalue weighted by molar-refractivity contribution is -0.124. The molecule has 3 rings (SSSR count). The molecule has 0 bridgehead atoms. The van der Waals surface area contributed by atoms with Crippen molar-refractivity contribution in [3.8, 4) is 0 Å². The lowest BCUT2D eigenvalue weighted by Gasteiger charge is -2.05. The van der Waals surface area contributed by atoms with Gasteiger partial charge >= 0.3 is 11.6 Å². The third-order valence-corrected chi connectivity index (χ3v) is 4.11. The molecule has 1 aromatic carbocycles. The van der Waals surface area contributed by atoms with Crippen molar-refractivity contribution in [2.75, 3.05) is 6.61 Å². The van der Waals surface area contributed by atoms with Crippen LogP contribution in [0.5, 0.6) is 0 Å². The molecule has 2 aromatic heterocycles. The molecule has 1 amide bonds. The number of amides is 1. The molecule has 122 valence electrons. The van der Waals surface area contributed by atoms with Crippen LogP contribution in [-0.4, -0.2) is 18.5 Å². The van der Waals surface area contributed by atoms with Crippen LogP contribution in [0, 0.1) is 0 Å². The smallest absolute Gasteiger partial charge is 0.351 e. The Labute approximate surface area is 140 Å². The summed E-state index contributed by atoms with van der Waals surface area (Å²) >= 11 is 1.51. The Morgan fingerprint density at radius 3 is 2.79 bits per heavy atom. The van der Waals surface area contributed by atoms with E-state index in [0.717, 1.165) is 4.88 Å². The highest BCUT2D eigenvalue weighted by atomic mass is 32.1. The van der Waals surface area contributed by atoms with Gasteiger partial charge in [0.15, 0.2) is 6.61 Å². The summed E-state index contributed by atoms with van der Waals surface area (Å²) in [6, 6.07) is 12.0. The summed E-state index contributed by atoms with van der Waals surface area (Å²) in [5.41, 5.74) is -0.648. The predicted molar refractivity (Wildman–Crippen MR) is 88.9 cm³/mol. The molecule has 24 heavy (non-hydrogen) atoms. The van der Waals surface area contributed by atoms with E-state index in [9.17, 15) is 14.4 Å². The van der Waals surface area contributed by atoms with Crippen molar-refractivity contribution in [2.45, 2.75) is 6.54 Å².